The molecule has 4 rings (SSSR count). The maximum Gasteiger partial charge on any atom is 0.193 e. The molecule has 1 fully saturated rings. The number of ketones is 1. The van der Waals surface area contributed by atoms with Crippen molar-refractivity contribution in [1.82, 2.24) is 5.32 Å². The van der Waals surface area contributed by atoms with Crippen LogP contribution >= 0.6 is 0 Å². The molecule has 0 aromatic heterocycles. The Morgan fingerprint density at radius 2 is 1.76 bits per heavy atom. The van der Waals surface area contributed by atoms with Crippen LogP contribution in [-0.2, 0) is 13.1 Å². The minimum Gasteiger partial charge on any atom is -0.309 e. The lowest BCUT2D eigenvalue weighted by atomic mass is 9.79. The van der Waals surface area contributed by atoms with E-state index in [0.717, 1.165) is 24.2 Å². The van der Waals surface area contributed by atoms with Gasteiger partial charge in [0, 0.05) is 24.2 Å². The summed E-state index contributed by atoms with van der Waals surface area (Å²) in [5.74, 6) is 0.813. The van der Waals surface area contributed by atoms with Crippen LogP contribution in [0.5, 0.6) is 0 Å². The molecule has 2 heteroatoms. The van der Waals surface area contributed by atoms with E-state index in [1.54, 1.807) is 0 Å². The van der Waals surface area contributed by atoms with Gasteiger partial charge in [-0.25, -0.2) is 0 Å². The van der Waals surface area contributed by atoms with Gasteiger partial charge in [-0.2, -0.15) is 0 Å². The minimum atomic E-state index is 0.144. The van der Waals surface area contributed by atoms with Crippen molar-refractivity contribution in [2.24, 2.45) is 0 Å². The maximum absolute atomic E-state index is 12.7. The minimum absolute atomic E-state index is 0.144. The number of rotatable bonds is 3. The van der Waals surface area contributed by atoms with Crippen LogP contribution in [0.4, 0.5) is 0 Å². The van der Waals surface area contributed by atoms with Crippen molar-refractivity contribution < 1.29 is 4.79 Å². The molecule has 2 aliphatic rings. The number of carbonyl (C=O) groups is 1. The van der Waals surface area contributed by atoms with Gasteiger partial charge >= 0.3 is 0 Å². The van der Waals surface area contributed by atoms with Gasteiger partial charge in [0.05, 0.1) is 0 Å². The van der Waals surface area contributed by atoms with Gasteiger partial charge in [-0.3, -0.25) is 4.79 Å². The fourth-order valence-electron chi connectivity index (χ4n) is 3.28. The SMILES string of the molecule is O=C(c1cccc(C2CCC2)c1)c1ccc2c(c1)CNC2. The summed E-state index contributed by atoms with van der Waals surface area (Å²) in [4.78, 5) is 12.7. The van der Waals surface area contributed by atoms with E-state index >= 15 is 0 Å². The Balaban J connectivity index is 1.65. The molecule has 1 aliphatic carbocycles. The molecule has 21 heavy (non-hydrogen) atoms. The average Bonchev–Trinajstić information content (AvgIpc) is 2.92. The summed E-state index contributed by atoms with van der Waals surface area (Å²) in [6.45, 7) is 1.79. The Hall–Kier alpha value is -1.93. The Labute approximate surface area is 125 Å². The van der Waals surface area contributed by atoms with Gasteiger partial charge < -0.3 is 5.32 Å². The van der Waals surface area contributed by atoms with Crippen molar-refractivity contribution in [1.29, 1.82) is 0 Å². The van der Waals surface area contributed by atoms with Crippen molar-refractivity contribution in [3.8, 4) is 0 Å². The predicted octanol–water partition coefficient (Wildman–Crippen LogP) is 3.79. The number of hydrogen-bond donors (Lipinski definition) is 1. The molecule has 1 N–H and O–H groups in total. The third kappa shape index (κ3) is 2.30. The van der Waals surface area contributed by atoms with Gasteiger partial charge in [0.25, 0.3) is 0 Å². The van der Waals surface area contributed by atoms with Gasteiger partial charge in [-0.15, -0.1) is 0 Å². The predicted molar refractivity (Wildman–Crippen MR) is 83.5 cm³/mol. The molecule has 1 saturated carbocycles. The van der Waals surface area contributed by atoms with Crippen LogP contribution in [0.1, 0.15) is 57.8 Å². The first-order chi connectivity index (χ1) is 10.3. The van der Waals surface area contributed by atoms with Crippen molar-refractivity contribution >= 4 is 5.78 Å². The molecular weight excluding hydrogens is 258 g/mol. The standard InChI is InChI=1S/C19H19NO/c21-19(16-7-8-17-11-20-12-18(17)10-16)15-6-2-5-14(9-15)13-3-1-4-13/h2,5-10,13,20H,1,3-4,11-12H2. The van der Waals surface area contributed by atoms with Crippen molar-refractivity contribution in [3.63, 3.8) is 0 Å². The van der Waals surface area contributed by atoms with Gasteiger partial charge in [-0.05, 0) is 47.6 Å². The highest BCUT2D eigenvalue weighted by atomic mass is 16.1. The van der Waals surface area contributed by atoms with Crippen molar-refractivity contribution in [2.45, 2.75) is 38.3 Å². The molecule has 0 spiro atoms. The molecule has 106 valence electrons. The van der Waals surface area contributed by atoms with E-state index in [4.69, 9.17) is 0 Å². The quantitative estimate of drug-likeness (QED) is 0.865. The molecule has 0 atom stereocenters. The van der Waals surface area contributed by atoms with E-state index in [9.17, 15) is 4.79 Å². The fourth-order valence-corrected chi connectivity index (χ4v) is 3.28. The molecule has 0 saturated heterocycles. The van der Waals surface area contributed by atoms with Gasteiger partial charge in [0.2, 0.25) is 0 Å². The second-order valence-electron chi connectivity index (χ2n) is 6.17. The van der Waals surface area contributed by atoms with E-state index in [1.165, 1.54) is 36.0 Å². The Morgan fingerprint density at radius 1 is 0.952 bits per heavy atom. The zero-order valence-corrected chi connectivity index (χ0v) is 12.1. The summed E-state index contributed by atoms with van der Waals surface area (Å²) in [5, 5.41) is 3.32. The van der Waals surface area contributed by atoms with Crippen LogP contribution < -0.4 is 5.32 Å². The first-order valence-corrected chi connectivity index (χ1v) is 7.78. The molecule has 0 amide bonds. The number of fused-ring (bicyclic) bond motifs is 1. The molecule has 1 aliphatic heterocycles. The summed E-state index contributed by atoms with van der Waals surface area (Å²) >= 11 is 0. The third-order valence-electron chi connectivity index (χ3n) is 4.82. The third-order valence-corrected chi connectivity index (χ3v) is 4.82. The molecule has 0 unspecified atom stereocenters. The monoisotopic (exact) mass is 277 g/mol. The molecule has 2 nitrogen and oxygen atoms in total. The van der Waals surface area contributed by atoms with Crippen LogP contribution in [0.2, 0.25) is 0 Å². The molecule has 1 heterocycles. The van der Waals surface area contributed by atoms with Crippen molar-refractivity contribution in [3.05, 3.63) is 70.3 Å². The van der Waals surface area contributed by atoms with Crippen LogP contribution in [0.3, 0.4) is 0 Å². The van der Waals surface area contributed by atoms with Crippen molar-refractivity contribution in [2.75, 3.05) is 0 Å². The maximum atomic E-state index is 12.7. The lowest BCUT2D eigenvalue weighted by Gasteiger charge is -2.26. The lowest BCUT2D eigenvalue weighted by molar-refractivity contribution is 0.103. The highest BCUT2D eigenvalue weighted by Gasteiger charge is 2.21. The first-order valence-electron chi connectivity index (χ1n) is 7.78. The van der Waals surface area contributed by atoms with Gasteiger partial charge in [0.15, 0.2) is 5.78 Å². The van der Waals surface area contributed by atoms with E-state index in [2.05, 4.69) is 23.5 Å². The van der Waals surface area contributed by atoms with Gasteiger partial charge in [-0.1, -0.05) is 36.8 Å². The zero-order valence-electron chi connectivity index (χ0n) is 12.1. The van der Waals surface area contributed by atoms with Crippen LogP contribution in [0.25, 0.3) is 0 Å². The van der Waals surface area contributed by atoms with E-state index in [0.29, 0.717) is 5.92 Å². The normalized spacial score (nSPS) is 17.3. The van der Waals surface area contributed by atoms with E-state index in [-0.39, 0.29) is 5.78 Å². The molecule has 2 aromatic rings. The zero-order chi connectivity index (χ0) is 14.2. The summed E-state index contributed by atoms with van der Waals surface area (Å²) in [7, 11) is 0. The fraction of sp³-hybridized carbons (Fsp3) is 0.316. The Kier molecular flexibility index (Phi) is 3.12. The van der Waals surface area contributed by atoms with E-state index in [1.807, 2.05) is 24.3 Å². The van der Waals surface area contributed by atoms with Gasteiger partial charge in [0.1, 0.15) is 0 Å². The largest absolute Gasteiger partial charge is 0.309 e. The lowest BCUT2D eigenvalue weighted by Crippen LogP contribution is -2.10. The molecule has 0 bridgehead atoms. The summed E-state index contributed by atoms with van der Waals surface area (Å²) in [5.41, 5.74) is 5.54. The first kappa shape index (κ1) is 12.8. The van der Waals surface area contributed by atoms with Crippen LogP contribution in [-0.4, -0.2) is 5.78 Å². The smallest absolute Gasteiger partial charge is 0.193 e. The highest BCUT2D eigenvalue weighted by Crippen LogP contribution is 2.36. The number of hydrogen-bond acceptors (Lipinski definition) is 2. The van der Waals surface area contributed by atoms with Crippen LogP contribution in [0.15, 0.2) is 42.5 Å². The Morgan fingerprint density at radius 3 is 2.57 bits per heavy atom. The molecular formula is C19H19NO. The van der Waals surface area contributed by atoms with E-state index < -0.39 is 0 Å². The number of nitrogens with one attached hydrogen (secondary N) is 1. The average molecular weight is 277 g/mol. The number of carbonyl (C=O) groups excluding carboxylic acids is 1. The second-order valence-corrected chi connectivity index (χ2v) is 6.17. The molecule has 0 radical (unpaired) electrons. The van der Waals surface area contributed by atoms with Crippen LogP contribution in [0, 0.1) is 0 Å². The topological polar surface area (TPSA) is 29.1 Å². The highest BCUT2D eigenvalue weighted by molar-refractivity contribution is 6.09. The summed E-state index contributed by atoms with van der Waals surface area (Å²) in [6.07, 6.45) is 3.85. The molecule has 2 aromatic carbocycles. The number of benzene rings is 2. The summed E-state index contributed by atoms with van der Waals surface area (Å²) in [6, 6.07) is 14.3. The second kappa shape index (κ2) is 5.12. The summed E-state index contributed by atoms with van der Waals surface area (Å²) < 4.78 is 0. The Bertz CT molecular complexity index is 700.